The minimum absolute atomic E-state index is 0.0753. The molecule has 24 heavy (non-hydrogen) atoms. The third-order valence-electron chi connectivity index (χ3n) is 4.53. The number of nitrogens with zero attached hydrogens (tertiary/aromatic N) is 2. The van der Waals surface area contributed by atoms with Crippen LogP contribution in [0.5, 0.6) is 0 Å². The molecule has 0 aromatic heterocycles. The number of hydrogen-bond donors (Lipinski definition) is 3. The van der Waals surface area contributed by atoms with E-state index in [1.54, 1.807) is 4.90 Å². The fourth-order valence-electron chi connectivity index (χ4n) is 3.14. The van der Waals surface area contributed by atoms with Gasteiger partial charge in [0.1, 0.15) is 0 Å². The van der Waals surface area contributed by atoms with Crippen molar-refractivity contribution in [3.8, 4) is 0 Å². The van der Waals surface area contributed by atoms with E-state index in [0.29, 0.717) is 13.1 Å². The van der Waals surface area contributed by atoms with Gasteiger partial charge < -0.3 is 25.5 Å². The highest BCUT2D eigenvalue weighted by molar-refractivity contribution is 5.88. The fourth-order valence-corrected chi connectivity index (χ4v) is 3.14. The van der Waals surface area contributed by atoms with E-state index < -0.39 is 0 Å². The minimum atomic E-state index is -0.215. The van der Waals surface area contributed by atoms with E-state index in [-0.39, 0.29) is 31.0 Å². The average molecular weight is 332 g/mol. The van der Waals surface area contributed by atoms with Crippen LogP contribution in [0.2, 0.25) is 0 Å². The van der Waals surface area contributed by atoms with Crippen molar-refractivity contribution in [1.82, 2.24) is 10.2 Å². The van der Waals surface area contributed by atoms with Gasteiger partial charge in [0.2, 0.25) is 11.8 Å². The second-order valence-electron chi connectivity index (χ2n) is 6.25. The van der Waals surface area contributed by atoms with Crippen LogP contribution in [0, 0.1) is 0 Å². The number of nitrogens with one attached hydrogen (secondary N) is 2. The molecule has 3 N–H and O–H groups in total. The summed E-state index contributed by atoms with van der Waals surface area (Å²) in [7, 11) is 0. The maximum atomic E-state index is 12.3. The van der Waals surface area contributed by atoms with Gasteiger partial charge in [-0.2, -0.15) is 0 Å². The molecule has 1 aromatic carbocycles. The zero-order chi connectivity index (χ0) is 16.9. The number of aliphatic hydroxyl groups excluding tert-OH is 1. The van der Waals surface area contributed by atoms with E-state index in [4.69, 9.17) is 0 Å². The Bertz CT molecular complexity index is 599. The standard InChI is InChI=1S/C17H24N4O3/c22-13-5-8-20(9-6-13)15-4-2-1-3-14(15)19-11-17(24)21-10-7-18-16(23)12-21/h1-4,13,19,22H,5-12H2,(H,18,23). The molecule has 7 nitrogen and oxygen atoms in total. The van der Waals surface area contributed by atoms with Crippen LogP contribution in [0.15, 0.2) is 24.3 Å². The molecule has 0 radical (unpaired) electrons. The first-order valence-electron chi connectivity index (χ1n) is 8.44. The molecule has 0 bridgehead atoms. The number of para-hydroxylation sites is 2. The van der Waals surface area contributed by atoms with Gasteiger partial charge in [0, 0.05) is 26.2 Å². The van der Waals surface area contributed by atoms with Crippen LogP contribution in [0.3, 0.4) is 0 Å². The number of rotatable bonds is 4. The SMILES string of the molecule is O=C1CN(C(=O)CNc2ccccc2N2CCC(O)CC2)CCN1. The lowest BCUT2D eigenvalue weighted by molar-refractivity contribution is -0.136. The minimum Gasteiger partial charge on any atom is -0.393 e. The lowest BCUT2D eigenvalue weighted by Gasteiger charge is -2.33. The van der Waals surface area contributed by atoms with Crippen LogP contribution in [-0.2, 0) is 9.59 Å². The summed E-state index contributed by atoms with van der Waals surface area (Å²) in [6, 6.07) is 7.89. The third-order valence-corrected chi connectivity index (χ3v) is 4.53. The molecule has 0 atom stereocenters. The molecule has 2 saturated heterocycles. The number of amides is 2. The molecule has 1 aromatic rings. The molecule has 2 heterocycles. The number of carbonyl (C=O) groups excluding carboxylic acids is 2. The predicted molar refractivity (Wildman–Crippen MR) is 92.0 cm³/mol. The molecule has 2 aliphatic rings. The van der Waals surface area contributed by atoms with Crippen LogP contribution in [0.25, 0.3) is 0 Å². The number of aliphatic hydroxyl groups is 1. The topological polar surface area (TPSA) is 84.9 Å². The third kappa shape index (κ3) is 3.97. The van der Waals surface area contributed by atoms with Gasteiger partial charge in [-0.05, 0) is 25.0 Å². The molecule has 2 aliphatic heterocycles. The Morgan fingerprint density at radius 1 is 1.25 bits per heavy atom. The van der Waals surface area contributed by atoms with E-state index in [0.717, 1.165) is 37.3 Å². The van der Waals surface area contributed by atoms with Gasteiger partial charge in [-0.15, -0.1) is 0 Å². The normalized spacial score (nSPS) is 19.1. The Balaban J connectivity index is 1.61. The molecule has 7 heteroatoms. The summed E-state index contributed by atoms with van der Waals surface area (Å²) in [5.74, 6) is -0.185. The van der Waals surface area contributed by atoms with Gasteiger partial charge in [-0.25, -0.2) is 0 Å². The highest BCUT2D eigenvalue weighted by atomic mass is 16.3. The van der Waals surface area contributed by atoms with E-state index in [2.05, 4.69) is 15.5 Å². The Labute approximate surface area is 141 Å². The summed E-state index contributed by atoms with van der Waals surface area (Å²) < 4.78 is 0. The van der Waals surface area contributed by atoms with Crippen LogP contribution >= 0.6 is 0 Å². The number of carbonyl (C=O) groups is 2. The quantitative estimate of drug-likeness (QED) is 0.724. The van der Waals surface area contributed by atoms with Crippen LogP contribution in [-0.4, -0.2) is 67.2 Å². The molecule has 0 spiro atoms. The second-order valence-corrected chi connectivity index (χ2v) is 6.25. The number of piperidine rings is 1. The Hall–Kier alpha value is -2.28. The van der Waals surface area contributed by atoms with E-state index in [1.807, 2.05) is 24.3 Å². The number of piperazine rings is 1. The molecule has 0 saturated carbocycles. The highest BCUT2D eigenvalue weighted by Gasteiger charge is 2.22. The lowest BCUT2D eigenvalue weighted by atomic mass is 10.1. The predicted octanol–water partition coefficient (Wildman–Crippen LogP) is 0.0180. The Morgan fingerprint density at radius 3 is 2.75 bits per heavy atom. The summed E-state index contributed by atoms with van der Waals surface area (Å²) in [5, 5.41) is 15.6. The van der Waals surface area contributed by atoms with Crippen molar-refractivity contribution < 1.29 is 14.7 Å². The van der Waals surface area contributed by atoms with Crippen LogP contribution in [0.4, 0.5) is 11.4 Å². The van der Waals surface area contributed by atoms with Crippen molar-refractivity contribution in [1.29, 1.82) is 0 Å². The van der Waals surface area contributed by atoms with Gasteiger partial charge in [0.05, 0.1) is 30.6 Å². The first kappa shape index (κ1) is 16.6. The highest BCUT2D eigenvalue weighted by Crippen LogP contribution is 2.28. The first-order valence-corrected chi connectivity index (χ1v) is 8.44. The van der Waals surface area contributed by atoms with Crippen molar-refractivity contribution in [2.75, 3.05) is 49.5 Å². The van der Waals surface area contributed by atoms with Gasteiger partial charge in [0.25, 0.3) is 0 Å². The number of anilines is 2. The van der Waals surface area contributed by atoms with E-state index in [9.17, 15) is 14.7 Å². The first-order chi connectivity index (χ1) is 11.6. The molecule has 3 rings (SSSR count). The summed E-state index contributed by atoms with van der Waals surface area (Å²) >= 11 is 0. The lowest BCUT2D eigenvalue weighted by Crippen LogP contribution is -2.51. The summed E-state index contributed by atoms with van der Waals surface area (Å²) in [4.78, 5) is 27.5. The van der Waals surface area contributed by atoms with Crippen molar-refractivity contribution in [2.24, 2.45) is 0 Å². The molecule has 130 valence electrons. The summed E-state index contributed by atoms with van der Waals surface area (Å²) in [5.41, 5.74) is 1.96. The van der Waals surface area contributed by atoms with Gasteiger partial charge in [-0.3, -0.25) is 9.59 Å². The van der Waals surface area contributed by atoms with Crippen LogP contribution in [0.1, 0.15) is 12.8 Å². The zero-order valence-electron chi connectivity index (χ0n) is 13.7. The molecular weight excluding hydrogens is 308 g/mol. The number of benzene rings is 1. The van der Waals surface area contributed by atoms with Crippen molar-refractivity contribution >= 4 is 23.2 Å². The van der Waals surface area contributed by atoms with Crippen molar-refractivity contribution in [2.45, 2.75) is 18.9 Å². The molecular formula is C17H24N4O3. The van der Waals surface area contributed by atoms with Crippen molar-refractivity contribution in [3.05, 3.63) is 24.3 Å². The van der Waals surface area contributed by atoms with Gasteiger partial charge >= 0.3 is 0 Å². The smallest absolute Gasteiger partial charge is 0.242 e. The van der Waals surface area contributed by atoms with Gasteiger partial charge in [-0.1, -0.05) is 12.1 Å². The van der Waals surface area contributed by atoms with E-state index in [1.165, 1.54) is 0 Å². The molecule has 0 aliphatic carbocycles. The average Bonchev–Trinajstić information content (AvgIpc) is 2.61. The summed E-state index contributed by atoms with van der Waals surface area (Å²) in [6.07, 6.45) is 1.31. The second kappa shape index (κ2) is 7.53. The maximum Gasteiger partial charge on any atom is 0.242 e. The monoisotopic (exact) mass is 332 g/mol. The summed E-state index contributed by atoms with van der Waals surface area (Å²) in [6.45, 7) is 2.97. The Morgan fingerprint density at radius 2 is 2.00 bits per heavy atom. The molecule has 2 fully saturated rings. The van der Waals surface area contributed by atoms with E-state index >= 15 is 0 Å². The largest absolute Gasteiger partial charge is 0.393 e. The van der Waals surface area contributed by atoms with Crippen LogP contribution < -0.4 is 15.5 Å². The number of hydrogen-bond acceptors (Lipinski definition) is 5. The molecule has 2 amide bonds. The van der Waals surface area contributed by atoms with Crippen molar-refractivity contribution in [3.63, 3.8) is 0 Å². The Kier molecular flexibility index (Phi) is 5.20. The zero-order valence-corrected chi connectivity index (χ0v) is 13.7. The van der Waals surface area contributed by atoms with Gasteiger partial charge in [0.15, 0.2) is 0 Å². The fraction of sp³-hybridized carbons (Fsp3) is 0.529. The molecule has 0 unspecified atom stereocenters. The maximum absolute atomic E-state index is 12.3.